The van der Waals surface area contributed by atoms with E-state index in [1.165, 1.54) is 0 Å². The molecule has 0 unspecified atom stereocenters. The van der Waals surface area contributed by atoms with E-state index < -0.39 is 0 Å². The van der Waals surface area contributed by atoms with Crippen LogP contribution in [0.1, 0.15) is 32.5 Å². The maximum Gasteiger partial charge on any atom is 0.260 e. The van der Waals surface area contributed by atoms with E-state index in [4.69, 9.17) is 9.47 Å². The summed E-state index contributed by atoms with van der Waals surface area (Å²) < 4.78 is 13.3. The Labute approximate surface area is 161 Å². The molecule has 0 aliphatic carbocycles. The Kier molecular flexibility index (Phi) is 6.74. The number of hydrogen-bond donors (Lipinski definition) is 0. The number of likely N-dealkylation sites (tertiary alicyclic amines) is 1. The number of carbonyl (C=O) groups is 1. The van der Waals surface area contributed by atoms with Crippen LogP contribution in [0.15, 0.2) is 36.7 Å². The van der Waals surface area contributed by atoms with Gasteiger partial charge < -0.3 is 18.9 Å². The summed E-state index contributed by atoms with van der Waals surface area (Å²) in [6.07, 6.45) is 6.93. The first-order valence-electron chi connectivity index (χ1n) is 9.83. The Balaban J connectivity index is 1.41. The quantitative estimate of drug-likeness (QED) is 0.715. The van der Waals surface area contributed by atoms with Crippen molar-refractivity contribution in [1.29, 1.82) is 0 Å². The Hall–Kier alpha value is -2.50. The Morgan fingerprint density at radius 2 is 1.78 bits per heavy atom. The Morgan fingerprint density at radius 1 is 1.11 bits per heavy atom. The number of imidazole rings is 1. The predicted molar refractivity (Wildman–Crippen MR) is 104 cm³/mol. The molecule has 0 spiro atoms. The van der Waals surface area contributed by atoms with Crippen LogP contribution in [0, 0.1) is 5.92 Å². The molecule has 2 heterocycles. The molecule has 1 aliphatic rings. The molecular weight excluding hydrogens is 342 g/mol. The zero-order chi connectivity index (χ0) is 19.1. The number of nitrogens with zero attached hydrogens (tertiary/aromatic N) is 3. The zero-order valence-electron chi connectivity index (χ0n) is 16.3. The van der Waals surface area contributed by atoms with Crippen LogP contribution in [0.5, 0.6) is 11.5 Å². The molecule has 6 heteroatoms. The Bertz CT molecular complexity index is 719. The monoisotopic (exact) mass is 371 g/mol. The molecule has 0 bridgehead atoms. The normalized spacial score (nSPS) is 15.0. The maximum atomic E-state index is 12.4. The standard InChI is InChI=1S/C21H29N3O3/c1-3-20-22-11-14-24(20)15-17-9-12-23(13-10-17)21(25)16-27-19-7-5-18(6-8-19)26-4-2/h5-8,11,14,17H,3-4,9-10,12-13,15-16H2,1-2H3. The van der Waals surface area contributed by atoms with Crippen LogP contribution >= 0.6 is 0 Å². The van der Waals surface area contributed by atoms with Crippen molar-refractivity contribution in [1.82, 2.24) is 14.5 Å². The number of piperidine rings is 1. The second-order valence-corrected chi connectivity index (χ2v) is 6.87. The van der Waals surface area contributed by atoms with Crippen molar-refractivity contribution >= 4 is 5.91 Å². The second-order valence-electron chi connectivity index (χ2n) is 6.87. The van der Waals surface area contributed by atoms with E-state index in [0.29, 0.717) is 18.3 Å². The highest BCUT2D eigenvalue weighted by atomic mass is 16.5. The van der Waals surface area contributed by atoms with Crippen LogP contribution in [0.2, 0.25) is 0 Å². The fourth-order valence-corrected chi connectivity index (χ4v) is 3.50. The number of amides is 1. The van der Waals surface area contributed by atoms with Gasteiger partial charge >= 0.3 is 0 Å². The van der Waals surface area contributed by atoms with Gasteiger partial charge in [0, 0.05) is 38.4 Å². The SMILES string of the molecule is CCOc1ccc(OCC(=O)N2CCC(Cn3ccnc3CC)CC2)cc1. The largest absolute Gasteiger partial charge is 0.494 e. The molecule has 2 aromatic rings. The molecule has 1 saturated heterocycles. The highest BCUT2D eigenvalue weighted by Crippen LogP contribution is 2.21. The van der Waals surface area contributed by atoms with Gasteiger partial charge in [-0.15, -0.1) is 0 Å². The number of rotatable bonds is 8. The summed E-state index contributed by atoms with van der Waals surface area (Å²) in [5.74, 6) is 3.29. The molecule has 146 valence electrons. The highest BCUT2D eigenvalue weighted by Gasteiger charge is 2.23. The van der Waals surface area contributed by atoms with E-state index in [2.05, 4.69) is 22.7 Å². The summed E-state index contributed by atoms with van der Waals surface area (Å²) in [5.41, 5.74) is 0. The van der Waals surface area contributed by atoms with Gasteiger partial charge in [-0.1, -0.05) is 6.92 Å². The number of benzene rings is 1. The van der Waals surface area contributed by atoms with Crippen LogP contribution in [0.3, 0.4) is 0 Å². The van der Waals surface area contributed by atoms with Crippen molar-refractivity contribution in [2.75, 3.05) is 26.3 Å². The minimum atomic E-state index is 0.0548. The van der Waals surface area contributed by atoms with Gasteiger partial charge in [-0.2, -0.15) is 0 Å². The average Bonchev–Trinajstić information content (AvgIpc) is 3.15. The summed E-state index contributed by atoms with van der Waals surface area (Å²) in [7, 11) is 0. The highest BCUT2D eigenvalue weighted by molar-refractivity contribution is 5.77. The van der Waals surface area contributed by atoms with Crippen LogP contribution in [0.25, 0.3) is 0 Å². The number of carbonyl (C=O) groups excluding carboxylic acids is 1. The third kappa shape index (κ3) is 5.25. The topological polar surface area (TPSA) is 56.6 Å². The van der Waals surface area contributed by atoms with Gasteiger partial charge in [0.15, 0.2) is 6.61 Å². The lowest BCUT2D eigenvalue weighted by Gasteiger charge is -2.32. The molecular formula is C21H29N3O3. The zero-order valence-corrected chi connectivity index (χ0v) is 16.3. The van der Waals surface area contributed by atoms with Gasteiger partial charge in [-0.05, 0) is 49.9 Å². The summed E-state index contributed by atoms with van der Waals surface area (Å²) in [4.78, 5) is 18.7. The van der Waals surface area contributed by atoms with Crippen LogP contribution < -0.4 is 9.47 Å². The van der Waals surface area contributed by atoms with Crippen LogP contribution in [-0.2, 0) is 17.8 Å². The van der Waals surface area contributed by atoms with Gasteiger partial charge in [-0.3, -0.25) is 4.79 Å². The van der Waals surface area contributed by atoms with Gasteiger partial charge in [0.2, 0.25) is 0 Å². The van der Waals surface area contributed by atoms with Crippen molar-refractivity contribution < 1.29 is 14.3 Å². The third-order valence-electron chi connectivity index (χ3n) is 5.04. The fraction of sp³-hybridized carbons (Fsp3) is 0.524. The number of aromatic nitrogens is 2. The molecule has 0 atom stereocenters. The van der Waals surface area contributed by atoms with Crippen molar-refractivity contribution in [3.63, 3.8) is 0 Å². The second kappa shape index (κ2) is 9.44. The van der Waals surface area contributed by atoms with Gasteiger partial charge in [-0.25, -0.2) is 4.98 Å². The van der Waals surface area contributed by atoms with Crippen LogP contribution in [-0.4, -0.2) is 46.7 Å². The molecule has 0 N–H and O–H groups in total. The van der Waals surface area contributed by atoms with Crippen molar-refractivity contribution in [2.24, 2.45) is 5.92 Å². The lowest BCUT2D eigenvalue weighted by molar-refractivity contribution is -0.134. The summed E-state index contributed by atoms with van der Waals surface area (Å²) >= 11 is 0. The lowest BCUT2D eigenvalue weighted by atomic mass is 9.96. The fourth-order valence-electron chi connectivity index (χ4n) is 3.50. The number of hydrogen-bond acceptors (Lipinski definition) is 4. The molecule has 27 heavy (non-hydrogen) atoms. The molecule has 1 aliphatic heterocycles. The molecule has 1 amide bonds. The molecule has 1 fully saturated rings. The van der Waals surface area contributed by atoms with Gasteiger partial charge in [0.25, 0.3) is 5.91 Å². The van der Waals surface area contributed by atoms with E-state index in [0.717, 1.165) is 50.5 Å². The number of aryl methyl sites for hydroxylation is 1. The third-order valence-corrected chi connectivity index (χ3v) is 5.04. The molecule has 3 rings (SSSR count). The predicted octanol–water partition coefficient (Wildman–Crippen LogP) is 3.16. The van der Waals surface area contributed by atoms with Crippen molar-refractivity contribution in [3.05, 3.63) is 42.5 Å². The van der Waals surface area contributed by atoms with E-state index in [9.17, 15) is 4.79 Å². The molecule has 6 nitrogen and oxygen atoms in total. The molecule has 1 aromatic heterocycles. The Morgan fingerprint density at radius 3 is 2.41 bits per heavy atom. The lowest BCUT2D eigenvalue weighted by Crippen LogP contribution is -2.41. The smallest absolute Gasteiger partial charge is 0.260 e. The first-order chi connectivity index (χ1) is 13.2. The van der Waals surface area contributed by atoms with E-state index in [1.807, 2.05) is 42.3 Å². The summed E-state index contributed by atoms with van der Waals surface area (Å²) in [6, 6.07) is 7.38. The van der Waals surface area contributed by atoms with E-state index >= 15 is 0 Å². The first-order valence-corrected chi connectivity index (χ1v) is 9.83. The van der Waals surface area contributed by atoms with Crippen molar-refractivity contribution in [2.45, 2.75) is 39.7 Å². The maximum absolute atomic E-state index is 12.4. The first kappa shape index (κ1) is 19.3. The summed E-state index contributed by atoms with van der Waals surface area (Å²) in [5, 5.41) is 0. The van der Waals surface area contributed by atoms with E-state index in [1.54, 1.807) is 0 Å². The molecule has 1 aromatic carbocycles. The van der Waals surface area contributed by atoms with Gasteiger partial charge in [0.1, 0.15) is 17.3 Å². The molecule has 0 radical (unpaired) electrons. The number of ether oxygens (including phenoxy) is 2. The average molecular weight is 371 g/mol. The van der Waals surface area contributed by atoms with Crippen molar-refractivity contribution in [3.8, 4) is 11.5 Å². The van der Waals surface area contributed by atoms with E-state index in [-0.39, 0.29) is 12.5 Å². The molecule has 0 saturated carbocycles. The summed E-state index contributed by atoms with van der Waals surface area (Å²) in [6.45, 7) is 7.39. The minimum absolute atomic E-state index is 0.0548. The van der Waals surface area contributed by atoms with Gasteiger partial charge in [0.05, 0.1) is 6.61 Å². The van der Waals surface area contributed by atoms with Crippen LogP contribution in [0.4, 0.5) is 0 Å². The minimum Gasteiger partial charge on any atom is -0.494 e.